The molecule has 2 nitrogen and oxygen atoms in total. The molecule has 1 unspecified atom stereocenters. The van der Waals surface area contributed by atoms with Gasteiger partial charge in [-0.25, -0.2) is 4.39 Å². The fraction of sp³-hybridized carbons (Fsp3) is 0.200. The molecule has 0 bridgehead atoms. The minimum atomic E-state index is -0.282. The molecule has 0 aromatic heterocycles. The Kier molecular flexibility index (Phi) is 4.40. The zero-order valence-corrected chi connectivity index (χ0v) is 11.5. The molecule has 0 saturated carbocycles. The van der Waals surface area contributed by atoms with Gasteiger partial charge in [-0.1, -0.05) is 17.7 Å². The molecule has 0 fully saturated rings. The quantitative estimate of drug-likeness (QED) is 0.886. The zero-order valence-electron chi connectivity index (χ0n) is 10.8. The number of hydrogen-bond donors (Lipinski definition) is 1. The van der Waals surface area contributed by atoms with E-state index < -0.39 is 0 Å². The molecule has 100 valence electrons. The fourth-order valence-corrected chi connectivity index (χ4v) is 1.94. The molecule has 19 heavy (non-hydrogen) atoms. The number of benzene rings is 2. The summed E-state index contributed by atoms with van der Waals surface area (Å²) in [4.78, 5) is 0. The van der Waals surface area contributed by atoms with Gasteiger partial charge in [-0.05, 0) is 50.4 Å². The van der Waals surface area contributed by atoms with E-state index in [4.69, 9.17) is 16.3 Å². The lowest BCUT2D eigenvalue weighted by Gasteiger charge is -2.16. The number of rotatable bonds is 4. The van der Waals surface area contributed by atoms with Gasteiger partial charge in [-0.15, -0.1) is 0 Å². The van der Waals surface area contributed by atoms with Crippen molar-refractivity contribution in [2.24, 2.45) is 0 Å². The lowest BCUT2D eigenvalue weighted by Crippen LogP contribution is -2.13. The van der Waals surface area contributed by atoms with Gasteiger partial charge < -0.3 is 10.1 Å². The topological polar surface area (TPSA) is 21.3 Å². The van der Waals surface area contributed by atoms with Gasteiger partial charge >= 0.3 is 0 Å². The van der Waals surface area contributed by atoms with E-state index in [-0.39, 0.29) is 11.9 Å². The molecule has 2 aromatic rings. The van der Waals surface area contributed by atoms with Crippen LogP contribution in [-0.4, -0.2) is 7.05 Å². The molecule has 0 aliphatic carbocycles. The van der Waals surface area contributed by atoms with E-state index in [2.05, 4.69) is 5.32 Å². The van der Waals surface area contributed by atoms with Crippen LogP contribution in [0.25, 0.3) is 0 Å². The smallest absolute Gasteiger partial charge is 0.132 e. The van der Waals surface area contributed by atoms with Crippen molar-refractivity contribution in [1.29, 1.82) is 0 Å². The van der Waals surface area contributed by atoms with Gasteiger partial charge in [0.25, 0.3) is 0 Å². The molecule has 2 rings (SSSR count). The lowest BCUT2D eigenvalue weighted by atomic mass is 10.1. The summed E-state index contributed by atoms with van der Waals surface area (Å²) in [7, 11) is 1.82. The van der Waals surface area contributed by atoms with Crippen molar-refractivity contribution in [2.75, 3.05) is 7.05 Å². The van der Waals surface area contributed by atoms with Crippen molar-refractivity contribution in [3.63, 3.8) is 0 Å². The van der Waals surface area contributed by atoms with Gasteiger partial charge in [0.2, 0.25) is 0 Å². The Morgan fingerprint density at radius 3 is 2.68 bits per heavy atom. The van der Waals surface area contributed by atoms with E-state index in [0.717, 1.165) is 5.56 Å². The summed E-state index contributed by atoms with van der Waals surface area (Å²) in [5.41, 5.74) is 0.766. The lowest BCUT2D eigenvalue weighted by molar-refractivity contribution is 0.463. The highest BCUT2D eigenvalue weighted by molar-refractivity contribution is 6.30. The number of nitrogens with one attached hydrogen (secondary N) is 1. The third-order valence-electron chi connectivity index (χ3n) is 2.90. The minimum absolute atomic E-state index is 0.00937. The summed E-state index contributed by atoms with van der Waals surface area (Å²) in [6.45, 7) is 1.94. The van der Waals surface area contributed by atoms with E-state index in [1.165, 1.54) is 12.1 Å². The highest BCUT2D eigenvalue weighted by Gasteiger charge is 2.12. The molecule has 2 aromatic carbocycles. The van der Waals surface area contributed by atoms with Crippen molar-refractivity contribution in [1.82, 2.24) is 5.32 Å². The second-order valence-electron chi connectivity index (χ2n) is 4.25. The number of ether oxygens (including phenoxy) is 1. The van der Waals surface area contributed by atoms with Crippen LogP contribution in [0.4, 0.5) is 4.39 Å². The predicted molar refractivity (Wildman–Crippen MR) is 75.4 cm³/mol. The first-order chi connectivity index (χ1) is 9.10. The molecule has 1 atom stereocenters. The highest BCUT2D eigenvalue weighted by atomic mass is 35.5. The number of halogens is 2. The first-order valence-electron chi connectivity index (χ1n) is 6.00. The molecule has 0 amide bonds. The molecule has 0 radical (unpaired) electrons. The third kappa shape index (κ3) is 3.46. The Bertz CT molecular complexity index is 574. The first-order valence-corrected chi connectivity index (χ1v) is 6.38. The molecule has 4 heteroatoms. The monoisotopic (exact) mass is 279 g/mol. The summed E-state index contributed by atoms with van der Waals surface area (Å²) in [6.07, 6.45) is 0. The summed E-state index contributed by atoms with van der Waals surface area (Å²) in [6, 6.07) is 11.6. The Morgan fingerprint density at radius 1 is 1.21 bits per heavy atom. The van der Waals surface area contributed by atoms with Crippen molar-refractivity contribution in [3.8, 4) is 11.5 Å². The van der Waals surface area contributed by atoms with Crippen molar-refractivity contribution in [2.45, 2.75) is 13.0 Å². The zero-order chi connectivity index (χ0) is 13.8. The van der Waals surface area contributed by atoms with Crippen LogP contribution >= 0.6 is 11.6 Å². The minimum Gasteiger partial charge on any atom is -0.457 e. The summed E-state index contributed by atoms with van der Waals surface area (Å²) in [5, 5.41) is 3.67. The van der Waals surface area contributed by atoms with E-state index >= 15 is 0 Å². The first kappa shape index (κ1) is 13.8. The van der Waals surface area contributed by atoms with Gasteiger partial charge in [0.05, 0.1) is 0 Å². The molecule has 0 aliphatic rings. The molecule has 1 N–H and O–H groups in total. The van der Waals surface area contributed by atoms with Gasteiger partial charge in [-0.2, -0.15) is 0 Å². The van der Waals surface area contributed by atoms with Gasteiger partial charge in [0.1, 0.15) is 17.3 Å². The highest BCUT2D eigenvalue weighted by Crippen LogP contribution is 2.31. The molecule has 0 aliphatic heterocycles. The maximum absolute atomic E-state index is 13.3. The fourth-order valence-electron chi connectivity index (χ4n) is 1.76. The van der Waals surface area contributed by atoms with Crippen LogP contribution in [0.2, 0.25) is 5.02 Å². The van der Waals surface area contributed by atoms with Crippen molar-refractivity contribution < 1.29 is 9.13 Å². The third-order valence-corrected chi connectivity index (χ3v) is 3.13. The summed E-state index contributed by atoms with van der Waals surface area (Å²) >= 11 is 5.91. The van der Waals surface area contributed by atoms with Crippen LogP contribution in [0, 0.1) is 5.82 Å². The second-order valence-corrected chi connectivity index (χ2v) is 4.69. The van der Waals surface area contributed by atoms with E-state index in [0.29, 0.717) is 16.5 Å². The van der Waals surface area contributed by atoms with Crippen LogP contribution in [0.15, 0.2) is 42.5 Å². The maximum atomic E-state index is 13.3. The van der Waals surface area contributed by atoms with Crippen LogP contribution < -0.4 is 10.1 Å². The van der Waals surface area contributed by atoms with E-state index in [9.17, 15) is 4.39 Å². The van der Waals surface area contributed by atoms with Gasteiger partial charge in [-0.3, -0.25) is 0 Å². The Balaban J connectivity index is 2.34. The molecular formula is C15H15ClFNO. The Hall–Kier alpha value is -1.58. The molecule has 0 spiro atoms. The van der Waals surface area contributed by atoms with Crippen LogP contribution in [0.3, 0.4) is 0 Å². The SMILES string of the molecule is CNC(C)c1cc(F)ccc1Oc1cccc(Cl)c1. The Labute approximate surface area is 117 Å². The average Bonchev–Trinajstić information content (AvgIpc) is 2.40. The maximum Gasteiger partial charge on any atom is 0.132 e. The standard InChI is InChI=1S/C15H15ClFNO/c1-10(18-2)14-9-12(17)6-7-15(14)19-13-5-3-4-11(16)8-13/h3-10,18H,1-2H3. The average molecular weight is 280 g/mol. The number of hydrogen-bond acceptors (Lipinski definition) is 2. The van der Waals surface area contributed by atoms with Gasteiger partial charge in [0, 0.05) is 16.6 Å². The van der Waals surface area contributed by atoms with Gasteiger partial charge in [0.15, 0.2) is 0 Å². The van der Waals surface area contributed by atoms with Crippen LogP contribution in [-0.2, 0) is 0 Å². The summed E-state index contributed by atoms with van der Waals surface area (Å²) in [5.74, 6) is 0.963. The molecule has 0 heterocycles. The van der Waals surface area contributed by atoms with Crippen LogP contribution in [0.1, 0.15) is 18.5 Å². The molecular weight excluding hydrogens is 265 g/mol. The normalized spacial score (nSPS) is 12.2. The largest absolute Gasteiger partial charge is 0.457 e. The van der Waals surface area contributed by atoms with E-state index in [1.807, 2.05) is 26.1 Å². The second kappa shape index (κ2) is 6.04. The predicted octanol–water partition coefficient (Wildman–Crippen LogP) is 4.55. The Morgan fingerprint density at radius 2 is 2.00 bits per heavy atom. The van der Waals surface area contributed by atoms with Crippen molar-refractivity contribution in [3.05, 3.63) is 58.9 Å². The summed E-state index contributed by atoms with van der Waals surface area (Å²) < 4.78 is 19.1. The molecule has 0 saturated heterocycles. The van der Waals surface area contributed by atoms with Crippen LogP contribution in [0.5, 0.6) is 11.5 Å². The van der Waals surface area contributed by atoms with E-state index in [1.54, 1.807) is 18.2 Å². The van der Waals surface area contributed by atoms with Crippen molar-refractivity contribution >= 4 is 11.6 Å².